The number of carbonyl (C=O) groups excluding carboxylic acids is 1. The zero-order valence-electron chi connectivity index (χ0n) is 11.2. The number of piperidine rings is 1. The van der Waals surface area contributed by atoms with E-state index in [1.165, 1.54) is 6.42 Å². The van der Waals surface area contributed by atoms with Gasteiger partial charge in [0.25, 0.3) is 0 Å². The van der Waals surface area contributed by atoms with E-state index in [0.29, 0.717) is 19.0 Å². The van der Waals surface area contributed by atoms with Crippen molar-refractivity contribution in [2.45, 2.75) is 33.1 Å². The number of nitrogens with zero attached hydrogens (tertiary/aromatic N) is 2. The third-order valence-corrected chi connectivity index (χ3v) is 3.32. The van der Waals surface area contributed by atoms with Gasteiger partial charge >= 0.3 is 0 Å². The van der Waals surface area contributed by atoms with Crippen LogP contribution in [-0.4, -0.2) is 60.1 Å². The van der Waals surface area contributed by atoms with E-state index in [0.717, 1.165) is 32.5 Å². The molecule has 1 aliphatic heterocycles. The van der Waals surface area contributed by atoms with E-state index in [-0.39, 0.29) is 12.5 Å². The summed E-state index contributed by atoms with van der Waals surface area (Å²) in [6.45, 7) is 8.18. The Morgan fingerprint density at radius 3 is 2.82 bits per heavy atom. The predicted molar refractivity (Wildman–Crippen MR) is 68.8 cm³/mol. The van der Waals surface area contributed by atoms with Gasteiger partial charge in [-0.05, 0) is 31.7 Å². The number of likely N-dealkylation sites (tertiary alicyclic amines) is 1. The highest BCUT2D eigenvalue weighted by molar-refractivity contribution is 5.78. The first-order valence-corrected chi connectivity index (χ1v) is 6.78. The van der Waals surface area contributed by atoms with Crippen molar-refractivity contribution >= 4 is 5.91 Å². The smallest absolute Gasteiger partial charge is 0.236 e. The van der Waals surface area contributed by atoms with Crippen molar-refractivity contribution in [1.82, 2.24) is 9.80 Å². The van der Waals surface area contributed by atoms with Gasteiger partial charge in [0.2, 0.25) is 5.91 Å². The first kappa shape index (κ1) is 14.5. The van der Waals surface area contributed by atoms with E-state index in [9.17, 15) is 4.79 Å². The maximum absolute atomic E-state index is 12.1. The molecule has 1 aliphatic rings. The topological polar surface area (TPSA) is 43.8 Å². The minimum absolute atomic E-state index is 0.129. The van der Waals surface area contributed by atoms with E-state index in [1.54, 1.807) is 0 Å². The quantitative estimate of drug-likeness (QED) is 0.754. The largest absolute Gasteiger partial charge is 0.395 e. The molecular weight excluding hydrogens is 216 g/mol. The molecule has 17 heavy (non-hydrogen) atoms. The van der Waals surface area contributed by atoms with Crippen molar-refractivity contribution < 1.29 is 9.90 Å². The van der Waals surface area contributed by atoms with Crippen molar-refractivity contribution in [2.24, 2.45) is 5.92 Å². The third-order valence-electron chi connectivity index (χ3n) is 3.32. The lowest BCUT2D eigenvalue weighted by molar-refractivity contribution is -0.134. The number of aliphatic hydroxyl groups is 1. The van der Waals surface area contributed by atoms with Gasteiger partial charge in [-0.2, -0.15) is 0 Å². The van der Waals surface area contributed by atoms with Gasteiger partial charge in [-0.1, -0.05) is 13.8 Å². The molecule has 1 amide bonds. The van der Waals surface area contributed by atoms with Gasteiger partial charge in [0.05, 0.1) is 13.2 Å². The van der Waals surface area contributed by atoms with E-state index in [4.69, 9.17) is 5.11 Å². The standard InChI is InChI=1S/C13H26N2O2/c1-3-6-14(8-9-16)11-13(17)15-7-4-5-12(2)10-15/h12,16H,3-11H2,1-2H3. The Morgan fingerprint density at radius 1 is 1.47 bits per heavy atom. The first-order chi connectivity index (χ1) is 8.17. The minimum Gasteiger partial charge on any atom is -0.395 e. The van der Waals surface area contributed by atoms with Gasteiger partial charge in [0, 0.05) is 19.6 Å². The number of hydrogen-bond acceptors (Lipinski definition) is 3. The third kappa shape index (κ3) is 5.04. The minimum atomic E-state index is 0.129. The molecule has 4 heteroatoms. The van der Waals surface area contributed by atoms with Gasteiger partial charge in [-0.3, -0.25) is 9.69 Å². The Balaban J connectivity index is 2.39. The molecule has 0 aromatic heterocycles. The summed E-state index contributed by atoms with van der Waals surface area (Å²) in [7, 11) is 0. The second-order valence-corrected chi connectivity index (χ2v) is 5.09. The van der Waals surface area contributed by atoms with Gasteiger partial charge < -0.3 is 10.0 Å². The van der Waals surface area contributed by atoms with E-state index >= 15 is 0 Å². The zero-order valence-corrected chi connectivity index (χ0v) is 11.2. The average Bonchev–Trinajstić information content (AvgIpc) is 2.29. The van der Waals surface area contributed by atoms with Crippen LogP contribution in [-0.2, 0) is 4.79 Å². The molecule has 1 saturated heterocycles. The van der Waals surface area contributed by atoms with Gasteiger partial charge in [-0.25, -0.2) is 0 Å². The van der Waals surface area contributed by atoms with Crippen molar-refractivity contribution in [1.29, 1.82) is 0 Å². The van der Waals surface area contributed by atoms with Crippen LogP contribution in [0.15, 0.2) is 0 Å². The summed E-state index contributed by atoms with van der Waals surface area (Å²) in [6, 6.07) is 0. The molecule has 0 bridgehead atoms. The summed E-state index contributed by atoms with van der Waals surface area (Å²) in [5.41, 5.74) is 0. The molecular formula is C13H26N2O2. The zero-order chi connectivity index (χ0) is 12.7. The lowest BCUT2D eigenvalue weighted by atomic mass is 10.0. The Bertz CT molecular complexity index is 227. The molecule has 0 aromatic carbocycles. The van der Waals surface area contributed by atoms with Crippen LogP contribution in [0.2, 0.25) is 0 Å². The molecule has 0 spiro atoms. The second kappa shape index (κ2) is 7.67. The lowest BCUT2D eigenvalue weighted by Gasteiger charge is -2.32. The summed E-state index contributed by atoms with van der Waals surface area (Å²) < 4.78 is 0. The van der Waals surface area contributed by atoms with E-state index in [1.807, 2.05) is 9.80 Å². The highest BCUT2D eigenvalue weighted by Crippen LogP contribution is 2.15. The molecule has 0 aromatic rings. The van der Waals surface area contributed by atoms with Crippen LogP contribution in [0.5, 0.6) is 0 Å². The van der Waals surface area contributed by atoms with Crippen molar-refractivity contribution in [2.75, 3.05) is 39.3 Å². The molecule has 1 fully saturated rings. The number of aliphatic hydroxyl groups excluding tert-OH is 1. The SMILES string of the molecule is CCCN(CCO)CC(=O)N1CCCC(C)C1. The van der Waals surface area contributed by atoms with E-state index < -0.39 is 0 Å². The Morgan fingerprint density at radius 2 is 2.24 bits per heavy atom. The average molecular weight is 242 g/mol. The number of amides is 1. The van der Waals surface area contributed by atoms with Gasteiger partial charge in [0.15, 0.2) is 0 Å². The van der Waals surface area contributed by atoms with Crippen molar-refractivity contribution in [3.05, 3.63) is 0 Å². The maximum atomic E-state index is 12.1. The molecule has 1 heterocycles. The molecule has 100 valence electrons. The molecule has 0 radical (unpaired) electrons. The summed E-state index contributed by atoms with van der Waals surface area (Å²) in [5.74, 6) is 0.851. The maximum Gasteiger partial charge on any atom is 0.236 e. The van der Waals surface area contributed by atoms with Crippen LogP contribution < -0.4 is 0 Å². The van der Waals surface area contributed by atoms with Crippen LogP contribution in [0.4, 0.5) is 0 Å². The molecule has 1 rings (SSSR count). The lowest BCUT2D eigenvalue weighted by Crippen LogP contribution is -2.45. The fourth-order valence-electron chi connectivity index (χ4n) is 2.43. The summed E-state index contributed by atoms with van der Waals surface area (Å²) in [5, 5.41) is 8.96. The first-order valence-electron chi connectivity index (χ1n) is 6.78. The highest BCUT2D eigenvalue weighted by atomic mass is 16.3. The monoisotopic (exact) mass is 242 g/mol. The summed E-state index contributed by atoms with van der Waals surface area (Å²) in [4.78, 5) is 16.1. The molecule has 1 unspecified atom stereocenters. The normalized spacial score (nSPS) is 20.9. The van der Waals surface area contributed by atoms with Crippen LogP contribution in [0.1, 0.15) is 33.1 Å². The van der Waals surface area contributed by atoms with Crippen LogP contribution in [0.3, 0.4) is 0 Å². The molecule has 1 N–H and O–H groups in total. The van der Waals surface area contributed by atoms with Crippen molar-refractivity contribution in [3.8, 4) is 0 Å². The van der Waals surface area contributed by atoms with E-state index in [2.05, 4.69) is 13.8 Å². The predicted octanol–water partition coefficient (Wildman–Crippen LogP) is 0.949. The fraction of sp³-hybridized carbons (Fsp3) is 0.923. The highest BCUT2D eigenvalue weighted by Gasteiger charge is 2.22. The Hall–Kier alpha value is -0.610. The van der Waals surface area contributed by atoms with Crippen LogP contribution >= 0.6 is 0 Å². The number of hydrogen-bond donors (Lipinski definition) is 1. The van der Waals surface area contributed by atoms with Crippen LogP contribution in [0.25, 0.3) is 0 Å². The summed E-state index contributed by atoms with van der Waals surface area (Å²) >= 11 is 0. The molecule has 0 aliphatic carbocycles. The number of carbonyl (C=O) groups is 1. The fourth-order valence-corrected chi connectivity index (χ4v) is 2.43. The van der Waals surface area contributed by atoms with Crippen molar-refractivity contribution in [3.63, 3.8) is 0 Å². The molecule has 1 atom stereocenters. The molecule has 4 nitrogen and oxygen atoms in total. The molecule has 0 saturated carbocycles. The van der Waals surface area contributed by atoms with Gasteiger partial charge in [-0.15, -0.1) is 0 Å². The number of rotatable bonds is 6. The Kier molecular flexibility index (Phi) is 6.52. The van der Waals surface area contributed by atoms with Crippen LogP contribution in [0, 0.1) is 5.92 Å². The Labute approximate surface area is 105 Å². The second-order valence-electron chi connectivity index (χ2n) is 5.09. The van der Waals surface area contributed by atoms with Gasteiger partial charge in [0.1, 0.15) is 0 Å². The summed E-state index contributed by atoms with van der Waals surface area (Å²) in [6.07, 6.45) is 3.38.